The average molecular weight is 322 g/mol. The molecular formula is C16H17Cl2N3. The van der Waals surface area contributed by atoms with Crippen LogP contribution in [0.4, 0.5) is 5.82 Å². The van der Waals surface area contributed by atoms with Crippen molar-refractivity contribution in [2.45, 2.75) is 32.1 Å². The SMILES string of the molecule is CCCNc1cc(C2CC2)nc(-c2cc(Cl)cc(Cl)c2)n1. The van der Waals surface area contributed by atoms with E-state index >= 15 is 0 Å². The second-order valence-corrected chi connectivity index (χ2v) is 6.23. The molecule has 110 valence electrons. The third-order valence-corrected chi connectivity index (χ3v) is 3.85. The number of benzene rings is 1. The maximum Gasteiger partial charge on any atom is 0.161 e. The van der Waals surface area contributed by atoms with Crippen LogP contribution in [0.3, 0.4) is 0 Å². The van der Waals surface area contributed by atoms with Gasteiger partial charge in [-0.1, -0.05) is 30.1 Å². The summed E-state index contributed by atoms with van der Waals surface area (Å²) in [5.74, 6) is 2.13. The largest absolute Gasteiger partial charge is 0.370 e. The molecule has 0 spiro atoms. The summed E-state index contributed by atoms with van der Waals surface area (Å²) < 4.78 is 0. The van der Waals surface area contributed by atoms with Crippen LogP contribution in [0, 0.1) is 0 Å². The lowest BCUT2D eigenvalue weighted by molar-refractivity contribution is 0.948. The van der Waals surface area contributed by atoms with E-state index in [1.54, 1.807) is 6.07 Å². The number of nitrogens with zero attached hydrogens (tertiary/aromatic N) is 2. The van der Waals surface area contributed by atoms with Crippen LogP contribution in [0.15, 0.2) is 24.3 Å². The van der Waals surface area contributed by atoms with Crippen molar-refractivity contribution in [2.24, 2.45) is 0 Å². The van der Waals surface area contributed by atoms with Gasteiger partial charge in [-0.3, -0.25) is 0 Å². The fourth-order valence-corrected chi connectivity index (χ4v) is 2.74. The minimum absolute atomic E-state index is 0.573. The predicted octanol–water partition coefficient (Wildman–Crippen LogP) is 5.15. The Kier molecular flexibility index (Phi) is 4.32. The van der Waals surface area contributed by atoms with Gasteiger partial charge in [0.15, 0.2) is 5.82 Å². The summed E-state index contributed by atoms with van der Waals surface area (Å²) in [4.78, 5) is 9.28. The van der Waals surface area contributed by atoms with Crippen molar-refractivity contribution >= 4 is 29.0 Å². The van der Waals surface area contributed by atoms with Crippen molar-refractivity contribution in [3.8, 4) is 11.4 Å². The molecule has 21 heavy (non-hydrogen) atoms. The van der Waals surface area contributed by atoms with Gasteiger partial charge in [-0.2, -0.15) is 0 Å². The lowest BCUT2D eigenvalue weighted by Crippen LogP contribution is -2.05. The molecule has 1 heterocycles. The summed E-state index contributed by atoms with van der Waals surface area (Å²) in [5.41, 5.74) is 1.96. The first kappa shape index (κ1) is 14.6. The van der Waals surface area contributed by atoms with E-state index in [4.69, 9.17) is 23.2 Å². The third-order valence-electron chi connectivity index (χ3n) is 3.42. The van der Waals surface area contributed by atoms with Gasteiger partial charge in [0.2, 0.25) is 0 Å². The monoisotopic (exact) mass is 321 g/mol. The van der Waals surface area contributed by atoms with E-state index in [0.717, 1.165) is 30.0 Å². The highest BCUT2D eigenvalue weighted by molar-refractivity contribution is 6.35. The van der Waals surface area contributed by atoms with Crippen LogP contribution >= 0.6 is 23.2 Å². The Morgan fingerprint density at radius 3 is 2.43 bits per heavy atom. The summed E-state index contributed by atoms with van der Waals surface area (Å²) >= 11 is 12.2. The Morgan fingerprint density at radius 1 is 1.10 bits per heavy atom. The molecule has 1 aliphatic carbocycles. The number of hydrogen-bond donors (Lipinski definition) is 1. The van der Waals surface area contributed by atoms with Crippen molar-refractivity contribution in [1.82, 2.24) is 9.97 Å². The minimum Gasteiger partial charge on any atom is -0.370 e. The summed E-state index contributed by atoms with van der Waals surface area (Å²) in [5, 5.41) is 4.54. The van der Waals surface area contributed by atoms with Crippen LogP contribution in [0.25, 0.3) is 11.4 Å². The van der Waals surface area contributed by atoms with Gasteiger partial charge >= 0.3 is 0 Å². The van der Waals surface area contributed by atoms with Gasteiger partial charge in [0, 0.05) is 39.8 Å². The zero-order valence-electron chi connectivity index (χ0n) is 11.9. The van der Waals surface area contributed by atoms with E-state index in [0.29, 0.717) is 21.8 Å². The van der Waals surface area contributed by atoms with Crippen molar-refractivity contribution in [1.29, 1.82) is 0 Å². The summed E-state index contributed by atoms with van der Waals surface area (Å²) in [6, 6.07) is 7.47. The van der Waals surface area contributed by atoms with Crippen molar-refractivity contribution in [3.05, 3.63) is 40.0 Å². The molecule has 0 aliphatic heterocycles. The van der Waals surface area contributed by atoms with Crippen LogP contribution in [0.1, 0.15) is 37.8 Å². The average Bonchev–Trinajstić information content (AvgIpc) is 3.28. The Hall–Kier alpha value is -1.32. The van der Waals surface area contributed by atoms with E-state index in [2.05, 4.69) is 28.3 Å². The molecule has 1 aliphatic rings. The van der Waals surface area contributed by atoms with Crippen LogP contribution in [0.5, 0.6) is 0 Å². The standard InChI is InChI=1S/C16H17Cl2N3/c1-2-5-19-15-9-14(10-3-4-10)20-16(21-15)11-6-12(17)8-13(18)7-11/h6-10H,2-5H2,1H3,(H,19,20,21). The maximum absolute atomic E-state index is 6.08. The highest BCUT2D eigenvalue weighted by atomic mass is 35.5. The number of aromatic nitrogens is 2. The molecule has 1 N–H and O–H groups in total. The highest BCUT2D eigenvalue weighted by Crippen LogP contribution is 2.40. The van der Waals surface area contributed by atoms with Crippen molar-refractivity contribution in [2.75, 3.05) is 11.9 Å². The van der Waals surface area contributed by atoms with Crippen LogP contribution in [0.2, 0.25) is 10.0 Å². The summed E-state index contributed by atoms with van der Waals surface area (Å²) in [6.45, 7) is 3.03. The second kappa shape index (κ2) is 6.20. The summed E-state index contributed by atoms with van der Waals surface area (Å²) in [6.07, 6.45) is 3.47. The van der Waals surface area contributed by atoms with Crippen LogP contribution in [-0.2, 0) is 0 Å². The normalized spacial score (nSPS) is 14.2. The van der Waals surface area contributed by atoms with Gasteiger partial charge in [0.25, 0.3) is 0 Å². The van der Waals surface area contributed by atoms with E-state index < -0.39 is 0 Å². The Balaban J connectivity index is 2.01. The van der Waals surface area contributed by atoms with Gasteiger partial charge in [-0.25, -0.2) is 9.97 Å². The molecule has 0 saturated heterocycles. The molecule has 0 bridgehead atoms. The first-order chi connectivity index (χ1) is 10.2. The van der Waals surface area contributed by atoms with Gasteiger partial charge in [-0.05, 0) is 37.5 Å². The first-order valence-corrected chi connectivity index (χ1v) is 8.00. The molecule has 2 aromatic rings. The summed E-state index contributed by atoms with van der Waals surface area (Å²) in [7, 11) is 0. The van der Waals surface area contributed by atoms with E-state index in [9.17, 15) is 0 Å². The molecule has 3 nitrogen and oxygen atoms in total. The quantitative estimate of drug-likeness (QED) is 0.827. The molecule has 0 amide bonds. The number of hydrogen-bond acceptors (Lipinski definition) is 3. The smallest absolute Gasteiger partial charge is 0.161 e. The predicted molar refractivity (Wildman–Crippen MR) is 88.2 cm³/mol. The molecule has 0 radical (unpaired) electrons. The number of halogens is 2. The fraction of sp³-hybridized carbons (Fsp3) is 0.375. The van der Waals surface area contributed by atoms with E-state index in [-0.39, 0.29) is 0 Å². The number of nitrogens with one attached hydrogen (secondary N) is 1. The van der Waals surface area contributed by atoms with Gasteiger partial charge in [0.1, 0.15) is 5.82 Å². The van der Waals surface area contributed by atoms with Gasteiger partial charge < -0.3 is 5.32 Å². The van der Waals surface area contributed by atoms with Crippen molar-refractivity contribution in [3.63, 3.8) is 0 Å². The number of rotatable bonds is 5. The lowest BCUT2D eigenvalue weighted by Gasteiger charge is -2.10. The minimum atomic E-state index is 0.573. The molecule has 1 fully saturated rings. The van der Waals surface area contributed by atoms with E-state index in [1.165, 1.54) is 12.8 Å². The highest BCUT2D eigenvalue weighted by Gasteiger charge is 2.26. The molecule has 5 heteroatoms. The Morgan fingerprint density at radius 2 is 1.81 bits per heavy atom. The zero-order valence-corrected chi connectivity index (χ0v) is 13.4. The van der Waals surface area contributed by atoms with Crippen LogP contribution < -0.4 is 5.32 Å². The molecule has 0 unspecified atom stereocenters. The first-order valence-electron chi connectivity index (χ1n) is 7.25. The molecule has 1 aromatic heterocycles. The van der Waals surface area contributed by atoms with Gasteiger partial charge in [0.05, 0.1) is 0 Å². The van der Waals surface area contributed by atoms with Gasteiger partial charge in [-0.15, -0.1) is 0 Å². The number of anilines is 1. The maximum atomic E-state index is 6.08. The van der Waals surface area contributed by atoms with E-state index in [1.807, 2.05) is 12.1 Å². The molecule has 0 atom stereocenters. The van der Waals surface area contributed by atoms with Crippen LogP contribution in [-0.4, -0.2) is 16.5 Å². The molecular weight excluding hydrogens is 305 g/mol. The molecule has 1 saturated carbocycles. The Labute approximate surface area is 134 Å². The topological polar surface area (TPSA) is 37.8 Å². The fourth-order valence-electron chi connectivity index (χ4n) is 2.21. The molecule has 1 aromatic carbocycles. The third kappa shape index (κ3) is 3.66. The Bertz CT molecular complexity index is 634. The second-order valence-electron chi connectivity index (χ2n) is 5.36. The van der Waals surface area contributed by atoms with Crippen molar-refractivity contribution < 1.29 is 0 Å². The molecule has 3 rings (SSSR count). The lowest BCUT2D eigenvalue weighted by atomic mass is 10.2. The zero-order chi connectivity index (χ0) is 14.8.